The first-order valence-electron chi connectivity index (χ1n) is 7.22. The van der Waals surface area contributed by atoms with Crippen LogP contribution in [0.4, 0.5) is 0 Å². The Labute approximate surface area is 126 Å². The molecule has 2 nitrogen and oxygen atoms in total. The number of hydrogen-bond donors (Lipinski definition) is 1. The summed E-state index contributed by atoms with van der Waals surface area (Å²) in [7, 11) is 0. The highest BCUT2D eigenvalue weighted by molar-refractivity contribution is 7.09. The third-order valence-electron chi connectivity index (χ3n) is 3.25. The lowest BCUT2D eigenvalue weighted by Gasteiger charge is -2.14. The summed E-state index contributed by atoms with van der Waals surface area (Å²) in [6.45, 7) is 10.7. The number of hydrogen-bond acceptors (Lipinski definition) is 3. The molecule has 3 heteroatoms. The van der Waals surface area contributed by atoms with Crippen molar-refractivity contribution >= 4 is 11.3 Å². The van der Waals surface area contributed by atoms with Crippen LogP contribution in [-0.4, -0.2) is 11.5 Å². The minimum absolute atomic E-state index is 0.141. The molecule has 0 saturated carbocycles. The first-order chi connectivity index (χ1) is 9.49. The average Bonchev–Trinajstić information content (AvgIpc) is 2.85. The number of nitrogens with zero attached hydrogens (tertiary/aromatic N) is 1. The Balaban J connectivity index is 2.08. The van der Waals surface area contributed by atoms with Crippen molar-refractivity contribution in [2.24, 2.45) is 0 Å². The molecule has 1 heterocycles. The summed E-state index contributed by atoms with van der Waals surface area (Å²) in [6.07, 6.45) is 0.931. The minimum atomic E-state index is 0.141. The van der Waals surface area contributed by atoms with Gasteiger partial charge in [0, 0.05) is 23.8 Å². The van der Waals surface area contributed by atoms with Gasteiger partial charge in [-0.2, -0.15) is 0 Å². The Morgan fingerprint density at radius 3 is 2.60 bits per heavy atom. The molecule has 1 aromatic heterocycles. The summed E-state index contributed by atoms with van der Waals surface area (Å²) >= 11 is 1.77. The lowest BCUT2D eigenvalue weighted by atomic mass is 9.93. The van der Waals surface area contributed by atoms with Crippen LogP contribution in [0.15, 0.2) is 29.6 Å². The van der Waals surface area contributed by atoms with Crippen LogP contribution in [0.3, 0.4) is 0 Å². The molecule has 1 N–H and O–H groups in total. The van der Waals surface area contributed by atoms with Gasteiger partial charge in [0.25, 0.3) is 0 Å². The zero-order chi connectivity index (χ0) is 14.6. The van der Waals surface area contributed by atoms with Crippen molar-refractivity contribution in [3.05, 3.63) is 51.5 Å². The molecule has 2 aromatic rings. The molecule has 20 heavy (non-hydrogen) atoms. The molecule has 0 atom stereocenters. The van der Waals surface area contributed by atoms with Crippen molar-refractivity contribution in [3.63, 3.8) is 0 Å². The van der Waals surface area contributed by atoms with Crippen LogP contribution in [0.25, 0.3) is 0 Å². The molecule has 0 aliphatic carbocycles. The molecule has 0 radical (unpaired) electrons. The molecule has 0 bridgehead atoms. The lowest BCUT2D eigenvalue weighted by Crippen LogP contribution is -2.12. The van der Waals surface area contributed by atoms with Crippen molar-refractivity contribution < 1.29 is 0 Å². The van der Waals surface area contributed by atoms with E-state index in [1.54, 1.807) is 11.3 Å². The van der Waals surface area contributed by atoms with E-state index in [0.717, 1.165) is 19.5 Å². The number of nitrogens with one attached hydrogen (secondary N) is 1. The van der Waals surface area contributed by atoms with Crippen LogP contribution in [0.5, 0.6) is 0 Å². The van der Waals surface area contributed by atoms with E-state index in [1.807, 2.05) is 0 Å². The molecular formula is C17H24N2S. The highest BCUT2D eigenvalue weighted by atomic mass is 32.1. The van der Waals surface area contributed by atoms with E-state index < -0.39 is 0 Å². The Morgan fingerprint density at radius 1 is 1.20 bits per heavy atom. The highest BCUT2D eigenvalue weighted by Gasteiger charge is 2.17. The molecular weight excluding hydrogens is 264 g/mol. The second kappa shape index (κ2) is 6.51. The van der Waals surface area contributed by atoms with Crippen molar-refractivity contribution in [3.8, 4) is 0 Å². The molecule has 0 fully saturated rings. The Morgan fingerprint density at radius 2 is 1.95 bits per heavy atom. The van der Waals surface area contributed by atoms with Gasteiger partial charge in [-0.15, -0.1) is 11.3 Å². The molecule has 0 amide bonds. The maximum absolute atomic E-state index is 4.77. The maximum Gasteiger partial charge on any atom is 0.0972 e. The van der Waals surface area contributed by atoms with Crippen LogP contribution in [-0.2, 0) is 18.4 Å². The number of rotatable bonds is 5. The summed E-state index contributed by atoms with van der Waals surface area (Å²) in [6, 6.07) is 8.78. The Hall–Kier alpha value is -1.19. The first-order valence-corrected chi connectivity index (χ1v) is 8.10. The van der Waals surface area contributed by atoms with Gasteiger partial charge in [0.15, 0.2) is 0 Å². The fourth-order valence-electron chi connectivity index (χ4n) is 2.03. The van der Waals surface area contributed by atoms with Crippen molar-refractivity contribution in [1.82, 2.24) is 10.3 Å². The van der Waals surface area contributed by atoms with Crippen LogP contribution >= 0.6 is 11.3 Å². The van der Waals surface area contributed by atoms with Crippen LogP contribution < -0.4 is 5.32 Å². The largest absolute Gasteiger partial charge is 0.313 e. The third kappa shape index (κ3) is 4.15. The Bertz CT molecular complexity index is 552. The van der Waals surface area contributed by atoms with E-state index in [1.165, 1.54) is 21.8 Å². The fraction of sp³-hybridized carbons (Fsp3) is 0.471. The van der Waals surface area contributed by atoms with E-state index in [0.29, 0.717) is 0 Å². The summed E-state index contributed by atoms with van der Waals surface area (Å²) in [4.78, 5) is 4.77. The van der Waals surface area contributed by atoms with Crippen LogP contribution in [0.2, 0.25) is 0 Å². The van der Waals surface area contributed by atoms with Crippen LogP contribution in [0.1, 0.15) is 49.5 Å². The maximum atomic E-state index is 4.77. The van der Waals surface area contributed by atoms with E-state index in [2.05, 4.69) is 62.7 Å². The van der Waals surface area contributed by atoms with E-state index >= 15 is 0 Å². The molecule has 0 unspecified atom stereocenters. The second-order valence-electron chi connectivity index (χ2n) is 6.15. The summed E-state index contributed by atoms with van der Waals surface area (Å²) < 4.78 is 0. The number of aromatic nitrogens is 1. The van der Waals surface area contributed by atoms with E-state index in [9.17, 15) is 0 Å². The van der Waals surface area contributed by atoms with Gasteiger partial charge in [-0.1, -0.05) is 52.0 Å². The monoisotopic (exact) mass is 288 g/mol. The first kappa shape index (κ1) is 15.2. The van der Waals surface area contributed by atoms with E-state index in [4.69, 9.17) is 4.98 Å². The topological polar surface area (TPSA) is 24.9 Å². The highest BCUT2D eigenvalue weighted by Crippen LogP contribution is 2.25. The molecule has 0 saturated heterocycles. The van der Waals surface area contributed by atoms with Gasteiger partial charge >= 0.3 is 0 Å². The van der Waals surface area contributed by atoms with Gasteiger partial charge in [0.05, 0.1) is 10.7 Å². The SMILES string of the molecule is CCNCc1cccc(Cc2nc(C(C)(C)C)cs2)c1. The fourth-order valence-corrected chi connectivity index (χ4v) is 3.09. The molecule has 108 valence electrons. The smallest absolute Gasteiger partial charge is 0.0972 e. The molecule has 0 aliphatic heterocycles. The number of thiazole rings is 1. The zero-order valence-electron chi connectivity index (χ0n) is 12.9. The summed E-state index contributed by atoms with van der Waals surface area (Å²) in [5.74, 6) is 0. The quantitative estimate of drug-likeness (QED) is 0.894. The summed E-state index contributed by atoms with van der Waals surface area (Å²) in [5.41, 5.74) is 4.02. The van der Waals surface area contributed by atoms with Crippen molar-refractivity contribution in [1.29, 1.82) is 0 Å². The predicted molar refractivity (Wildman–Crippen MR) is 87.4 cm³/mol. The summed E-state index contributed by atoms with van der Waals surface area (Å²) in [5, 5.41) is 6.76. The normalized spacial score (nSPS) is 11.8. The average molecular weight is 288 g/mol. The second-order valence-corrected chi connectivity index (χ2v) is 7.10. The van der Waals surface area contributed by atoms with Gasteiger partial charge in [0.1, 0.15) is 0 Å². The van der Waals surface area contributed by atoms with Crippen molar-refractivity contribution in [2.45, 2.75) is 46.1 Å². The lowest BCUT2D eigenvalue weighted by molar-refractivity contribution is 0.571. The van der Waals surface area contributed by atoms with E-state index in [-0.39, 0.29) is 5.41 Å². The standard InChI is InChI=1S/C17H24N2S/c1-5-18-11-14-8-6-7-13(9-14)10-16-19-15(12-20-16)17(2,3)4/h6-9,12,18H,5,10-11H2,1-4H3. The van der Waals surface area contributed by atoms with Gasteiger partial charge in [-0.05, 0) is 17.7 Å². The molecule has 0 spiro atoms. The van der Waals surface area contributed by atoms with Gasteiger partial charge in [-0.25, -0.2) is 4.98 Å². The zero-order valence-corrected chi connectivity index (χ0v) is 13.7. The molecule has 1 aromatic carbocycles. The van der Waals surface area contributed by atoms with Gasteiger partial charge in [0.2, 0.25) is 0 Å². The molecule has 0 aliphatic rings. The Kier molecular flexibility index (Phi) is 4.95. The molecule has 2 rings (SSSR count). The van der Waals surface area contributed by atoms with Gasteiger partial charge < -0.3 is 5.32 Å². The minimum Gasteiger partial charge on any atom is -0.313 e. The third-order valence-corrected chi connectivity index (χ3v) is 4.09. The van der Waals surface area contributed by atoms with Crippen LogP contribution in [0, 0.1) is 0 Å². The predicted octanol–water partition coefficient (Wildman–Crippen LogP) is 4.14. The van der Waals surface area contributed by atoms with Crippen molar-refractivity contribution in [2.75, 3.05) is 6.54 Å². The van der Waals surface area contributed by atoms with Gasteiger partial charge in [-0.3, -0.25) is 0 Å². The number of benzene rings is 1.